The first-order valence-electron chi connectivity index (χ1n) is 5.91. The van der Waals surface area contributed by atoms with Crippen LogP contribution in [-0.4, -0.2) is 29.6 Å². The van der Waals surface area contributed by atoms with Crippen LogP contribution >= 0.6 is 0 Å². The van der Waals surface area contributed by atoms with Crippen LogP contribution in [0.2, 0.25) is 0 Å². The van der Waals surface area contributed by atoms with Gasteiger partial charge in [-0.3, -0.25) is 4.79 Å². The molecule has 98 valence electrons. The number of rotatable bonds is 3. The van der Waals surface area contributed by atoms with Gasteiger partial charge in [0, 0.05) is 6.61 Å². The summed E-state index contributed by atoms with van der Waals surface area (Å²) in [6, 6.07) is 1.58. The average Bonchev–Trinajstić information content (AvgIpc) is 2.32. The van der Waals surface area contributed by atoms with E-state index in [0.717, 1.165) is 19.4 Å². The molecule has 1 aliphatic heterocycles. The topological polar surface area (TPSA) is 103 Å². The number of nitrogens with zero attached hydrogens (tertiary/aromatic N) is 1. The number of aromatic nitrogens is 1. The Morgan fingerprint density at radius 1 is 1.61 bits per heavy atom. The molecule has 1 fully saturated rings. The highest BCUT2D eigenvalue weighted by atomic mass is 16.5. The number of hydrogen-bond donors (Lipinski definition) is 3. The van der Waals surface area contributed by atoms with Crippen molar-refractivity contribution in [3.05, 3.63) is 17.8 Å². The maximum atomic E-state index is 11.2. The molecule has 2 rings (SSSR count). The molecule has 0 bridgehead atoms. The zero-order chi connectivity index (χ0) is 13.2. The number of primary amides is 1. The van der Waals surface area contributed by atoms with Crippen LogP contribution in [0.25, 0.3) is 0 Å². The number of nitrogens with one attached hydrogen (secondary N) is 1. The highest BCUT2D eigenvalue weighted by Gasteiger charge is 2.28. The molecule has 1 aromatic heterocycles. The normalized spacial score (nSPS) is 23.6. The molecular formula is C12H18N4O2. The second kappa shape index (κ2) is 4.81. The summed E-state index contributed by atoms with van der Waals surface area (Å²) in [5.41, 5.74) is 11.3. The van der Waals surface area contributed by atoms with Crippen LogP contribution in [-0.2, 0) is 4.74 Å². The van der Waals surface area contributed by atoms with E-state index in [1.807, 2.05) is 0 Å². The fourth-order valence-corrected chi connectivity index (χ4v) is 2.09. The Morgan fingerprint density at radius 2 is 2.39 bits per heavy atom. The SMILES string of the molecule is CC1(Nc2cc(C(N)=O)c(N)cn2)CCCOC1. The summed E-state index contributed by atoms with van der Waals surface area (Å²) in [7, 11) is 0. The molecule has 0 saturated carbocycles. The fourth-order valence-electron chi connectivity index (χ4n) is 2.09. The minimum Gasteiger partial charge on any atom is -0.397 e. The molecular weight excluding hydrogens is 232 g/mol. The molecule has 5 N–H and O–H groups in total. The Morgan fingerprint density at radius 3 is 3.00 bits per heavy atom. The molecule has 1 amide bonds. The number of carbonyl (C=O) groups excluding carboxylic acids is 1. The van der Waals surface area contributed by atoms with Gasteiger partial charge in [0.1, 0.15) is 5.82 Å². The summed E-state index contributed by atoms with van der Waals surface area (Å²) in [6.45, 7) is 3.47. The highest BCUT2D eigenvalue weighted by molar-refractivity contribution is 5.98. The second-order valence-corrected chi connectivity index (χ2v) is 4.86. The standard InChI is InChI=1S/C12H18N4O2/c1-12(3-2-4-18-7-12)16-10-5-8(11(14)17)9(13)6-15-10/h5-6H,2-4,7,13H2,1H3,(H2,14,17)(H,15,16). The van der Waals surface area contributed by atoms with E-state index in [2.05, 4.69) is 17.2 Å². The fraction of sp³-hybridized carbons (Fsp3) is 0.500. The first-order chi connectivity index (χ1) is 8.50. The van der Waals surface area contributed by atoms with Crippen LogP contribution in [0.4, 0.5) is 11.5 Å². The molecule has 6 nitrogen and oxygen atoms in total. The number of pyridine rings is 1. The number of anilines is 2. The zero-order valence-corrected chi connectivity index (χ0v) is 10.4. The van der Waals surface area contributed by atoms with E-state index in [0.29, 0.717) is 12.4 Å². The molecule has 0 spiro atoms. The van der Waals surface area contributed by atoms with Crippen molar-refractivity contribution in [1.29, 1.82) is 0 Å². The smallest absolute Gasteiger partial charge is 0.250 e. The third-order valence-corrected chi connectivity index (χ3v) is 3.07. The first-order valence-corrected chi connectivity index (χ1v) is 5.91. The molecule has 0 radical (unpaired) electrons. The van der Waals surface area contributed by atoms with Crippen LogP contribution in [0, 0.1) is 0 Å². The minimum absolute atomic E-state index is 0.170. The Hall–Kier alpha value is -1.82. The second-order valence-electron chi connectivity index (χ2n) is 4.86. The van der Waals surface area contributed by atoms with Crippen LogP contribution in [0.15, 0.2) is 12.3 Å². The van der Waals surface area contributed by atoms with E-state index in [9.17, 15) is 4.79 Å². The number of nitrogens with two attached hydrogens (primary N) is 2. The van der Waals surface area contributed by atoms with Crippen LogP contribution in [0.5, 0.6) is 0 Å². The number of amides is 1. The summed E-state index contributed by atoms with van der Waals surface area (Å²) in [5.74, 6) is 0.0361. The van der Waals surface area contributed by atoms with Crippen LogP contribution in [0.3, 0.4) is 0 Å². The van der Waals surface area contributed by atoms with Crippen molar-refractivity contribution in [1.82, 2.24) is 4.98 Å². The van der Waals surface area contributed by atoms with Gasteiger partial charge >= 0.3 is 0 Å². The molecule has 1 saturated heterocycles. The maximum Gasteiger partial charge on any atom is 0.250 e. The number of hydrogen-bond acceptors (Lipinski definition) is 5. The molecule has 2 heterocycles. The summed E-state index contributed by atoms with van der Waals surface area (Å²) in [6.07, 6.45) is 3.43. The van der Waals surface area contributed by atoms with Gasteiger partial charge in [0.15, 0.2) is 0 Å². The molecule has 6 heteroatoms. The van der Waals surface area contributed by atoms with Crippen molar-refractivity contribution in [3.63, 3.8) is 0 Å². The lowest BCUT2D eigenvalue weighted by molar-refractivity contribution is 0.0539. The lowest BCUT2D eigenvalue weighted by atomic mass is 9.95. The van der Waals surface area contributed by atoms with Gasteiger partial charge in [0.25, 0.3) is 5.91 Å². The largest absolute Gasteiger partial charge is 0.397 e. The van der Waals surface area contributed by atoms with Crippen molar-refractivity contribution in [3.8, 4) is 0 Å². The molecule has 18 heavy (non-hydrogen) atoms. The number of ether oxygens (including phenoxy) is 1. The zero-order valence-electron chi connectivity index (χ0n) is 10.4. The quantitative estimate of drug-likeness (QED) is 0.734. The third-order valence-electron chi connectivity index (χ3n) is 3.07. The third kappa shape index (κ3) is 2.70. The van der Waals surface area contributed by atoms with Gasteiger partial charge < -0.3 is 21.5 Å². The van der Waals surface area contributed by atoms with E-state index in [4.69, 9.17) is 16.2 Å². The predicted molar refractivity (Wildman–Crippen MR) is 69.2 cm³/mol. The van der Waals surface area contributed by atoms with E-state index in [1.54, 1.807) is 6.07 Å². The number of carbonyl (C=O) groups is 1. The molecule has 1 unspecified atom stereocenters. The van der Waals surface area contributed by atoms with Crippen molar-refractivity contribution in [2.45, 2.75) is 25.3 Å². The summed E-state index contributed by atoms with van der Waals surface area (Å²) in [4.78, 5) is 15.4. The van der Waals surface area contributed by atoms with Crippen molar-refractivity contribution in [2.24, 2.45) is 5.73 Å². The van der Waals surface area contributed by atoms with Gasteiger partial charge in [-0.1, -0.05) is 0 Å². The Kier molecular flexibility index (Phi) is 3.38. The Bertz CT molecular complexity index is 455. The minimum atomic E-state index is -0.553. The molecule has 1 aromatic rings. The number of nitrogen functional groups attached to an aromatic ring is 1. The van der Waals surface area contributed by atoms with E-state index in [1.165, 1.54) is 6.20 Å². The van der Waals surface area contributed by atoms with E-state index in [-0.39, 0.29) is 16.8 Å². The van der Waals surface area contributed by atoms with Gasteiger partial charge in [-0.05, 0) is 25.8 Å². The average molecular weight is 250 g/mol. The van der Waals surface area contributed by atoms with E-state index >= 15 is 0 Å². The summed E-state index contributed by atoms with van der Waals surface area (Å²) < 4.78 is 5.45. The predicted octanol–water partition coefficient (Wildman–Crippen LogP) is 0.744. The summed E-state index contributed by atoms with van der Waals surface area (Å²) in [5, 5.41) is 3.28. The lowest BCUT2D eigenvalue weighted by Gasteiger charge is -2.34. The van der Waals surface area contributed by atoms with Crippen LogP contribution < -0.4 is 16.8 Å². The van der Waals surface area contributed by atoms with Crippen molar-refractivity contribution in [2.75, 3.05) is 24.3 Å². The van der Waals surface area contributed by atoms with Gasteiger partial charge in [0.2, 0.25) is 0 Å². The van der Waals surface area contributed by atoms with Gasteiger partial charge in [-0.2, -0.15) is 0 Å². The van der Waals surface area contributed by atoms with Crippen molar-refractivity contribution >= 4 is 17.4 Å². The summed E-state index contributed by atoms with van der Waals surface area (Å²) >= 11 is 0. The van der Waals surface area contributed by atoms with Gasteiger partial charge in [0.05, 0.1) is 29.6 Å². The Balaban J connectivity index is 2.18. The van der Waals surface area contributed by atoms with E-state index < -0.39 is 5.91 Å². The van der Waals surface area contributed by atoms with Crippen LogP contribution in [0.1, 0.15) is 30.1 Å². The first kappa shape index (κ1) is 12.6. The van der Waals surface area contributed by atoms with Gasteiger partial charge in [-0.25, -0.2) is 4.98 Å². The molecule has 0 aliphatic carbocycles. The Labute approximate surface area is 106 Å². The maximum absolute atomic E-state index is 11.2. The highest BCUT2D eigenvalue weighted by Crippen LogP contribution is 2.24. The molecule has 1 aliphatic rings. The lowest BCUT2D eigenvalue weighted by Crippen LogP contribution is -2.43. The molecule has 1 atom stereocenters. The molecule has 0 aromatic carbocycles. The van der Waals surface area contributed by atoms with Gasteiger partial charge in [-0.15, -0.1) is 0 Å². The monoisotopic (exact) mass is 250 g/mol. The van der Waals surface area contributed by atoms with Crippen molar-refractivity contribution < 1.29 is 9.53 Å².